The molecule has 0 spiro atoms. The molecule has 0 N–H and O–H groups in total. The van der Waals surface area contributed by atoms with Crippen LogP contribution in [-0.2, 0) is 6.18 Å². The van der Waals surface area contributed by atoms with Gasteiger partial charge in [-0.1, -0.05) is 33.3 Å². The van der Waals surface area contributed by atoms with Crippen LogP contribution in [0.1, 0.15) is 62.2 Å². The molecule has 0 aliphatic carbocycles. The van der Waals surface area contributed by atoms with Gasteiger partial charge in [0.05, 0.1) is 22.9 Å². The lowest BCUT2D eigenvalue weighted by Crippen LogP contribution is -2.12. The quantitative estimate of drug-likeness (QED) is 0.632. The number of aryl methyl sites for hydroxylation is 1. The van der Waals surface area contributed by atoms with Crippen LogP contribution in [0.4, 0.5) is 13.2 Å². The van der Waals surface area contributed by atoms with Crippen LogP contribution < -0.4 is 4.74 Å². The largest absolute Gasteiger partial charge is 0.484 e. The summed E-state index contributed by atoms with van der Waals surface area (Å²) in [5.41, 5.74) is 0.0771. The Balaban J connectivity index is 0.00000163. The highest BCUT2D eigenvalue weighted by atomic mass is 19.4. The molecule has 3 nitrogen and oxygen atoms in total. The van der Waals surface area contributed by atoms with E-state index >= 15 is 0 Å². The molecule has 26 heavy (non-hydrogen) atoms. The van der Waals surface area contributed by atoms with E-state index in [0.717, 1.165) is 24.2 Å². The van der Waals surface area contributed by atoms with Crippen molar-refractivity contribution in [2.45, 2.75) is 52.8 Å². The molecule has 1 unspecified atom stereocenters. The highest BCUT2D eigenvalue weighted by Gasteiger charge is 2.34. The molecule has 0 saturated heterocycles. The maximum absolute atomic E-state index is 13.1. The van der Waals surface area contributed by atoms with Crippen LogP contribution in [0, 0.1) is 18.3 Å². The lowest BCUT2D eigenvalue weighted by atomic mass is 10.1. The van der Waals surface area contributed by atoms with Gasteiger partial charge in [-0.05, 0) is 43.7 Å². The summed E-state index contributed by atoms with van der Waals surface area (Å²) in [7, 11) is 0. The third kappa shape index (κ3) is 5.76. The Morgan fingerprint density at radius 1 is 1.19 bits per heavy atom. The number of pyridine rings is 1. The molecule has 0 radical (unpaired) electrons. The standard InChI is InChI=1S/C18H17F3N2O.C2H6/c1-3-5-17(16-7-4-6-12(2)23-16)24-14-9-8-13(11-22)15(10-14)18(19,20)21;1-2/h4,6-10,17H,3,5H2,1-2H3;1-2H3. The topological polar surface area (TPSA) is 45.9 Å². The Bertz CT molecular complexity index is 751. The first kappa shape index (κ1) is 21.5. The number of hydrogen-bond acceptors (Lipinski definition) is 3. The third-order valence-electron chi connectivity index (χ3n) is 3.49. The molecule has 2 aromatic rings. The molecule has 140 valence electrons. The molecule has 1 atom stereocenters. The van der Waals surface area contributed by atoms with Crippen LogP contribution in [-0.4, -0.2) is 4.98 Å². The summed E-state index contributed by atoms with van der Waals surface area (Å²) in [6.45, 7) is 7.81. The molecule has 0 amide bonds. The van der Waals surface area contributed by atoms with Crippen molar-refractivity contribution in [3.05, 3.63) is 58.9 Å². The molecule has 0 bridgehead atoms. The monoisotopic (exact) mass is 364 g/mol. The summed E-state index contributed by atoms with van der Waals surface area (Å²) in [6, 6.07) is 10.4. The average molecular weight is 364 g/mol. The second-order valence-corrected chi connectivity index (χ2v) is 5.42. The van der Waals surface area contributed by atoms with Gasteiger partial charge in [-0.25, -0.2) is 0 Å². The lowest BCUT2D eigenvalue weighted by Gasteiger charge is -2.20. The molecule has 1 heterocycles. The molecule has 0 aliphatic heterocycles. The van der Waals surface area contributed by atoms with Crippen molar-refractivity contribution in [3.8, 4) is 11.8 Å². The van der Waals surface area contributed by atoms with Gasteiger partial charge in [0.2, 0.25) is 0 Å². The molecular weight excluding hydrogens is 341 g/mol. The summed E-state index contributed by atoms with van der Waals surface area (Å²) < 4.78 is 44.9. The molecule has 0 saturated carbocycles. The predicted octanol–water partition coefficient (Wildman–Crippen LogP) is 6.23. The van der Waals surface area contributed by atoms with Gasteiger partial charge in [0, 0.05) is 5.69 Å². The summed E-state index contributed by atoms with van der Waals surface area (Å²) in [5.74, 6) is 0.0723. The summed E-state index contributed by atoms with van der Waals surface area (Å²) in [6.07, 6.45) is -3.63. The van der Waals surface area contributed by atoms with Crippen molar-refractivity contribution >= 4 is 0 Å². The number of ether oxygens (including phenoxy) is 1. The number of hydrogen-bond donors (Lipinski definition) is 0. The molecule has 0 aliphatic rings. The normalized spacial score (nSPS) is 11.8. The number of halogens is 3. The Labute approximate surface area is 152 Å². The van der Waals surface area contributed by atoms with Gasteiger partial charge in [0.1, 0.15) is 11.9 Å². The van der Waals surface area contributed by atoms with Crippen LogP contribution in [0.3, 0.4) is 0 Å². The minimum Gasteiger partial charge on any atom is -0.484 e. The van der Waals surface area contributed by atoms with Crippen molar-refractivity contribution in [1.29, 1.82) is 5.26 Å². The van der Waals surface area contributed by atoms with E-state index in [4.69, 9.17) is 10.00 Å². The van der Waals surface area contributed by atoms with E-state index in [2.05, 4.69) is 4.98 Å². The number of nitriles is 1. The fourth-order valence-corrected chi connectivity index (χ4v) is 2.37. The van der Waals surface area contributed by atoms with Gasteiger partial charge >= 0.3 is 6.18 Å². The predicted molar refractivity (Wildman–Crippen MR) is 94.8 cm³/mol. The van der Waals surface area contributed by atoms with E-state index in [-0.39, 0.29) is 5.75 Å². The Hall–Kier alpha value is -2.55. The van der Waals surface area contributed by atoms with Gasteiger partial charge in [-0.3, -0.25) is 4.98 Å². The van der Waals surface area contributed by atoms with E-state index in [1.54, 1.807) is 12.1 Å². The number of rotatable bonds is 5. The van der Waals surface area contributed by atoms with Crippen molar-refractivity contribution in [3.63, 3.8) is 0 Å². The SMILES string of the molecule is CC.CCCC(Oc1ccc(C#N)c(C(F)(F)F)c1)c1cccc(C)n1. The zero-order valence-electron chi connectivity index (χ0n) is 15.4. The van der Waals surface area contributed by atoms with E-state index in [1.165, 1.54) is 6.07 Å². The van der Waals surface area contributed by atoms with Gasteiger partial charge in [0.25, 0.3) is 0 Å². The zero-order valence-corrected chi connectivity index (χ0v) is 15.4. The van der Waals surface area contributed by atoms with Gasteiger partial charge in [0.15, 0.2) is 0 Å². The summed E-state index contributed by atoms with van der Waals surface area (Å²) in [5, 5.41) is 8.85. The second-order valence-electron chi connectivity index (χ2n) is 5.42. The third-order valence-corrected chi connectivity index (χ3v) is 3.49. The number of aromatic nitrogens is 1. The average Bonchev–Trinajstić information content (AvgIpc) is 2.62. The van der Waals surface area contributed by atoms with Crippen molar-refractivity contribution in [2.24, 2.45) is 0 Å². The Morgan fingerprint density at radius 2 is 1.88 bits per heavy atom. The van der Waals surface area contributed by atoms with Crippen LogP contribution in [0.2, 0.25) is 0 Å². The van der Waals surface area contributed by atoms with Crippen LogP contribution in [0.5, 0.6) is 5.75 Å². The maximum atomic E-state index is 13.1. The first-order chi connectivity index (χ1) is 12.3. The summed E-state index contributed by atoms with van der Waals surface area (Å²) in [4.78, 5) is 4.39. The van der Waals surface area contributed by atoms with E-state index in [1.807, 2.05) is 39.8 Å². The first-order valence-corrected chi connectivity index (χ1v) is 8.56. The molecule has 1 aromatic heterocycles. The zero-order chi connectivity index (χ0) is 19.7. The molecule has 2 rings (SSSR count). The lowest BCUT2D eigenvalue weighted by molar-refractivity contribution is -0.137. The fraction of sp³-hybridized carbons (Fsp3) is 0.400. The van der Waals surface area contributed by atoms with E-state index in [0.29, 0.717) is 12.1 Å². The maximum Gasteiger partial charge on any atom is 0.417 e. The minimum atomic E-state index is -4.60. The van der Waals surface area contributed by atoms with Crippen LogP contribution in [0.15, 0.2) is 36.4 Å². The second kappa shape index (κ2) is 9.81. The Morgan fingerprint density at radius 3 is 2.42 bits per heavy atom. The van der Waals surface area contributed by atoms with E-state index in [9.17, 15) is 13.2 Å². The minimum absolute atomic E-state index is 0.0723. The highest BCUT2D eigenvalue weighted by Crippen LogP contribution is 2.35. The summed E-state index contributed by atoms with van der Waals surface area (Å²) >= 11 is 0. The molecule has 0 fully saturated rings. The Kier molecular flexibility index (Phi) is 8.11. The first-order valence-electron chi connectivity index (χ1n) is 8.56. The smallest absolute Gasteiger partial charge is 0.417 e. The van der Waals surface area contributed by atoms with Gasteiger partial charge in [-0.2, -0.15) is 18.4 Å². The van der Waals surface area contributed by atoms with Gasteiger partial charge in [-0.15, -0.1) is 0 Å². The fourth-order valence-electron chi connectivity index (χ4n) is 2.37. The van der Waals surface area contributed by atoms with Crippen molar-refractivity contribution < 1.29 is 17.9 Å². The van der Waals surface area contributed by atoms with Crippen molar-refractivity contribution in [1.82, 2.24) is 4.98 Å². The number of benzene rings is 1. The highest BCUT2D eigenvalue weighted by molar-refractivity contribution is 5.44. The molecule has 1 aromatic carbocycles. The molecule has 6 heteroatoms. The van der Waals surface area contributed by atoms with E-state index < -0.39 is 23.4 Å². The van der Waals surface area contributed by atoms with Crippen LogP contribution >= 0.6 is 0 Å². The number of nitrogens with zero attached hydrogens (tertiary/aromatic N) is 2. The number of alkyl halides is 3. The molecular formula is C20H23F3N2O. The van der Waals surface area contributed by atoms with Crippen molar-refractivity contribution in [2.75, 3.05) is 0 Å². The van der Waals surface area contributed by atoms with Gasteiger partial charge < -0.3 is 4.74 Å². The van der Waals surface area contributed by atoms with Crippen LogP contribution in [0.25, 0.3) is 0 Å².